The van der Waals surface area contributed by atoms with Crippen molar-refractivity contribution >= 4 is 17.2 Å². The van der Waals surface area contributed by atoms with Crippen LogP contribution in [-0.2, 0) is 17.9 Å². The maximum absolute atomic E-state index is 12.9. The van der Waals surface area contributed by atoms with E-state index in [4.69, 9.17) is 19.2 Å². The predicted octanol–water partition coefficient (Wildman–Crippen LogP) is 4.42. The molecule has 2 aliphatic rings. The van der Waals surface area contributed by atoms with Gasteiger partial charge in [-0.05, 0) is 37.8 Å². The molecule has 6 nitrogen and oxygen atoms in total. The molecule has 0 radical (unpaired) electrons. The van der Waals surface area contributed by atoms with Gasteiger partial charge in [0.05, 0.1) is 26.5 Å². The molecule has 0 saturated heterocycles. The third kappa shape index (κ3) is 4.66. The fourth-order valence-corrected chi connectivity index (χ4v) is 4.63. The van der Waals surface area contributed by atoms with Gasteiger partial charge in [-0.15, -0.1) is 11.3 Å². The van der Waals surface area contributed by atoms with Crippen LogP contribution >= 0.6 is 11.3 Å². The van der Waals surface area contributed by atoms with Gasteiger partial charge in [-0.25, -0.2) is 4.98 Å². The average molecular weight is 417 g/mol. The lowest BCUT2D eigenvalue weighted by Crippen LogP contribution is -2.36. The van der Waals surface area contributed by atoms with E-state index in [1.165, 1.54) is 12.8 Å². The summed E-state index contributed by atoms with van der Waals surface area (Å²) in [5.74, 6) is 2.38. The van der Waals surface area contributed by atoms with Gasteiger partial charge < -0.3 is 19.1 Å². The second kappa shape index (κ2) is 9.03. The minimum absolute atomic E-state index is 0.218. The number of hydrogen-bond acceptors (Lipinski definition) is 6. The summed E-state index contributed by atoms with van der Waals surface area (Å²) in [6, 6.07) is 5.95. The van der Waals surface area contributed by atoms with Gasteiger partial charge >= 0.3 is 0 Å². The summed E-state index contributed by atoms with van der Waals surface area (Å²) in [5, 5.41) is 2.91. The molecule has 156 valence electrons. The van der Waals surface area contributed by atoms with Crippen LogP contribution in [0.4, 0.5) is 0 Å². The van der Waals surface area contributed by atoms with Crippen molar-refractivity contribution in [2.75, 3.05) is 14.2 Å². The Labute approximate surface area is 175 Å². The van der Waals surface area contributed by atoms with Crippen molar-refractivity contribution in [3.8, 4) is 17.2 Å². The average Bonchev–Trinajstić information content (AvgIpc) is 3.25. The Morgan fingerprint density at radius 3 is 2.45 bits per heavy atom. The van der Waals surface area contributed by atoms with Gasteiger partial charge in [0.15, 0.2) is 11.5 Å². The Kier molecular flexibility index (Phi) is 6.23. The molecule has 4 rings (SSSR count). The number of benzene rings is 1. The number of amides is 1. The Bertz CT molecular complexity index is 821. The van der Waals surface area contributed by atoms with E-state index in [1.807, 2.05) is 23.6 Å². The molecule has 0 spiro atoms. The van der Waals surface area contributed by atoms with Crippen LogP contribution in [0.15, 0.2) is 23.6 Å². The third-order valence-electron chi connectivity index (χ3n) is 5.63. The van der Waals surface area contributed by atoms with Gasteiger partial charge in [-0.1, -0.05) is 18.9 Å². The van der Waals surface area contributed by atoms with Crippen LogP contribution in [0.25, 0.3) is 0 Å². The number of methoxy groups -OCH3 is 2. The van der Waals surface area contributed by atoms with Crippen LogP contribution in [0.3, 0.4) is 0 Å². The van der Waals surface area contributed by atoms with E-state index in [0.717, 1.165) is 36.4 Å². The minimum atomic E-state index is 0.218. The molecule has 7 heteroatoms. The van der Waals surface area contributed by atoms with E-state index in [-0.39, 0.29) is 5.92 Å². The molecule has 0 N–H and O–H groups in total. The summed E-state index contributed by atoms with van der Waals surface area (Å²) in [4.78, 5) is 19.7. The Hall–Kier alpha value is -2.28. The van der Waals surface area contributed by atoms with E-state index in [2.05, 4.69) is 4.90 Å². The second-order valence-corrected chi connectivity index (χ2v) is 8.63. The highest BCUT2D eigenvalue weighted by molar-refractivity contribution is 7.09. The number of nitrogens with zero attached hydrogens (tertiary/aromatic N) is 2. The first-order chi connectivity index (χ1) is 14.2. The molecule has 29 heavy (non-hydrogen) atoms. The Morgan fingerprint density at radius 1 is 1.14 bits per heavy atom. The van der Waals surface area contributed by atoms with Crippen LogP contribution in [-0.4, -0.2) is 36.1 Å². The van der Waals surface area contributed by atoms with Gasteiger partial charge in [0.2, 0.25) is 11.7 Å². The number of thiazole rings is 1. The summed E-state index contributed by atoms with van der Waals surface area (Å²) in [5.41, 5.74) is 0.943. The number of ether oxygens (including phenoxy) is 3. The highest BCUT2D eigenvalue weighted by atomic mass is 32.1. The van der Waals surface area contributed by atoms with Crippen molar-refractivity contribution in [2.24, 2.45) is 5.92 Å². The summed E-state index contributed by atoms with van der Waals surface area (Å²) in [7, 11) is 3.22. The van der Waals surface area contributed by atoms with Crippen LogP contribution in [0.2, 0.25) is 0 Å². The van der Waals surface area contributed by atoms with Gasteiger partial charge in [-0.2, -0.15) is 0 Å². The molecule has 0 unspecified atom stereocenters. The van der Waals surface area contributed by atoms with E-state index >= 15 is 0 Å². The van der Waals surface area contributed by atoms with Gasteiger partial charge in [0.1, 0.15) is 11.6 Å². The minimum Gasteiger partial charge on any atom is -0.493 e. The number of carbonyl (C=O) groups is 1. The normalized spacial score (nSPS) is 16.6. The van der Waals surface area contributed by atoms with E-state index in [9.17, 15) is 4.79 Å². The molecule has 1 aromatic heterocycles. The molecule has 1 aromatic carbocycles. The lowest BCUT2D eigenvalue weighted by atomic mass is 10.1. The molecule has 2 aliphatic carbocycles. The zero-order chi connectivity index (χ0) is 20.2. The fraction of sp³-hybridized carbons (Fsp3) is 0.545. The largest absolute Gasteiger partial charge is 0.493 e. The zero-order valence-corrected chi connectivity index (χ0v) is 17.9. The van der Waals surface area contributed by atoms with Crippen molar-refractivity contribution < 1.29 is 19.0 Å². The molecule has 0 bridgehead atoms. The molecular weight excluding hydrogens is 388 g/mol. The van der Waals surface area contributed by atoms with Crippen molar-refractivity contribution in [1.29, 1.82) is 0 Å². The Morgan fingerprint density at radius 2 is 1.83 bits per heavy atom. The lowest BCUT2D eigenvalue weighted by molar-refractivity contribution is -0.136. The lowest BCUT2D eigenvalue weighted by Gasteiger charge is -2.24. The molecule has 0 aliphatic heterocycles. The van der Waals surface area contributed by atoms with Crippen LogP contribution in [0.5, 0.6) is 17.2 Å². The van der Waals surface area contributed by atoms with Crippen LogP contribution in [0.1, 0.15) is 49.2 Å². The van der Waals surface area contributed by atoms with Gasteiger partial charge in [0.25, 0.3) is 0 Å². The summed E-state index contributed by atoms with van der Waals surface area (Å²) in [6.45, 7) is 0.940. The monoisotopic (exact) mass is 416 g/mol. The summed E-state index contributed by atoms with van der Waals surface area (Å²) >= 11 is 1.56. The van der Waals surface area contributed by atoms with E-state index < -0.39 is 0 Å². The molecule has 2 fully saturated rings. The second-order valence-electron chi connectivity index (χ2n) is 7.69. The fourth-order valence-electron chi connectivity index (χ4n) is 3.94. The SMILES string of the molecule is COc1cccc(OC)c1OCc1nc(CN(C(=O)C2CCCC2)C2CC2)cs1. The molecule has 1 amide bonds. The highest BCUT2D eigenvalue weighted by Crippen LogP contribution is 2.38. The van der Waals surface area contributed by atoms with Crippen molar-refractivity contribution in [3.05, 3.63) is 34.3 Å². The third-order valence-corrected chi connectivity index (χ3v) is 6.50. The topological polar surface area (TPSA) is 60.9 Å². The predicted molar refractivity (Wildman–Crippen MR) is 112 cm³/mol. The summed E-state index contributed by atoms with van der Waals surface area (Å²) < 4.78 is 16.7. The van der Waals surface area contributed by atoms with Crippen LogP contribution in [0, 0.1) is 5.92 Å². The maximum Gasteiger partial charge on any atom is 0.226 e. The molecular formula is C22H28N2O4S. The molecule has 2 aromatic rings. The van der Waals surface area contributed by atoms with Gasteiger partial charge in [0, 0.05) is 17.3 Å². The molecule has 1 heterocycles. The number of para-hydroxylation sites is 1. The zero-order valence-electron chi connectivity index (χ0n) is 17.1. The van der Waals surface area contributed by atoms with Crippen molar-refractivity contribution in [2.45, 2.75) is 57.7 Å². The number of carbonyl (C=O) groups excluding carboxylic acids is 1. The number of rotatable bonds is 9. The first-order valence-corrected chi connectivity index (χ1v) is 11.1. The highest BCUT2D eigenvalue weighted by Gasteiger charge is 2.37. The maximum atomic E-state index is 12.9. The summed E-state index contributed by atoms with van der Waals surface area (Å²) in [6.07, 6.45) is 6.68. The quantitative estimate of drug-likeness (QED) is 0.606. The van der Waals surface area contributed by atoms with Crippen molar-refractivity contribution in [1.82, 2.24) is 9.88 Å². The Balaban J connectivity index is 1.40. The first-order valence-electron chi connectivity index (χ1n) is 10.3. The van der Waals surface area contributed by atoms with Crippen molar-refractivity contribution in [3.63, 3.8) is 0 Å². The van der Waals surface area contributed by atoms with E-state index in [0.29, 0.717) is 42.3 Å². The smallest absolute Gasteiger partial charge is 0.226 e. The number of hydrogen-bond donors (Lipinski definition) is 0. The first kappa shape index (κ1) is 20.0. The number of aromatic nitrogens is 1. The van der Waals surface area contributed by atoms with Gasteiger partial charge in [-0.3, -0.25) is 4.79 Å². The molecule has 0 atom stereocenters. The van der Waals surface area contributed by atoms with E-state index in [1.54, 1.807) is 25.6 Å². The molecule has 2 saturated carbocycles. The van der Waals surface area contributed by atoms with Crippen LogP contribution < -0.4 is 14.2 Å². The standard InChI is InChI=1S/C22H28N2O4S/c1-26-18-8-5-9-19(27-2)21(18)28-13-20-23-16(14-29-20)12-24(17-10-11-17)22(25)15-6-3-4-7-15/h5,8-9,14-15,17H,3-4,6-7,10-13H2,1-2H3.